The van der Waals surface area contributed by atoms with Gasteiger partial charge in [0, 0.05) is 40.2 Å². The third-order valence-corrected chi connectivity index (χ3v) is 6.92. The van der Waals surface area contributed by atoms with Crippen molar-refractivity contribution in [1.29, 1.82) is 0 Å². The van der Waals surface area contributed by atoms with E-state index in [0.29, 0.717) is 0 Å². The highest BCUT2D eigenvalue weighted by Gasteiger charge is 2.04. The molecule has 4 aromatic carbocycles. The van der Waals surface area contributed by atoms with Crippen molar-refractivity contribution < 1.29 is 0 Å². The lowest BCUT2D eigenvalue weighted by Crippen LogP contribution is -2.14. The lowest BCUT2D eigenvalue weighted by Gasteiger charge is -2.15. The lowest BCUT2D eigenvalue weighted by molar-refractivity contribution is 0.982. The second kappa shape index (κ2) is 12.5. The van der Waals surface area contributed by atoms with E-state index in [4.69, 9.17) is 4.99 Å². The first-order valence-electron chi connectivity index (χ1n) is 14.0. The van der Waals surface area contributed by atoms with E-state index < -0.39 is 0 Å². The quantitative estimate of drug-likeness (QED) is 0.214. The van der Waals surface area contributed by atoms with Crippen molar-refractivity contribution in [3.63, 3.8) is 0 Å². The zero-order valence-electron chi connectivity index (χ0n) is 23.8. The minimum absolute atomic E-state index is 0.192. The van der Waals surface area contributed by atoms with E-state index in [-0.39, 0.29) is 6.04 Å². The van der Waals surface area contributed by atoms with Gasteiger partial charge in [-0.1, -0.05) is 48.5 Å². The number of nitrogens with one attached hydrogen (secondary N) is 3. The van der Waals surface area contributed by atoms with Crippen molar-refractivity contribution in [1.82, 2.24) is 0 Å². The second-order valence-corrected chi connectivity index (χ2v) is 10.7. The smallest absolute Gasteiger partial charge is 0.0633 e. The topological polar surface area (TPSA) is 48.5 Å². The Labute approximate surface area is 238 Å². The van der Waals surface area contributed by atoms with Crippen molar-refractivity contribution >= 4 is 28.5 Å². The molecule has 4 heteroatoms. The second-order valence-electron chi connectivity index (χ2n) is 10.7. The van der Waals surface area contributed by atoms with Gasteiger partial charge in [0.25, 0.3) is 0 Å². The van der Waals surface area contributed by atoms with E-state index in [1.807, 2.05) is 6.92 Å². The Kier molecular flexibility index (Phi) is 8.46. The van der Waals surface area contributed by atoms with E-state index in [1.54, 1.807) is 0 Å². The molecule has 11 rings (SSSR count). The van der Waals surface area contributed by atoms with Crippen molar-refractivity contribution in [2.24, 2.45) is 4.99 Å². The fourth-order valence-electron chi connectivity index (χ4n) is 5.05. The standard InChI is InChI=1S/C36H38N4/c1-25-21-26(2)38-34-15-7-30(8-16-34)24-32-11-19-36(20-12-32)40-28(4)22-27(3)39-35-17-9-31(10-18-35)23-29-5-13-33(37-25)14-6-29/h5-22,25,37-38,40H,23-24H2,1-4H3/b26-21-,28-22-,39-27?. The summed E-state index contributed by atoms with van der Waals surface area (Å²) in [4.78, 5) is 4.80. The maximum Gasteiger partial charge on any atom is 0.0633 e. The number of nitrogens with zero attached hydrogens (tertiary/aromatic N) is 1. The van der Waals surface area contributed by atoms with Crippen LogP contribution in [0.1, 0.15) is 49.9 Å². The summed E-state index contributed by atoms with van der Waals surface area (Å²) in [7, 11) is 0. The molecule has 0 aromatic heterocycles. The summed E-state index contributed by atoms with van der Waals surface area (Å²) in [6.45, 7) is 8.39. The molecule has 202 valence electrons. The van der Waals surface area contributed by atoms with Gasteiger partial charge in [-0.25, -0.2) is 0 Å². The van der Waals surface area contributed by atoms with Gasteiger partial charge in [0.1, 0.15) is 0 Å². The average Bonchev–Trinajstić information content (AvgIpc) is 2.92. The number of rotatable bonds is 0. The molecule has 0 radical (unpaired) electrons. The molecule has 4 aromatic rings. The van der Waals surface area contributed by atoms with Crippen LogP contribution in [0.2, 0.25) is 0 Å². The highest BCUT2D eigenvalue weighted by Crippen LogP contribution is 2.21. The molecular formula is C36H38N4. The highest BCUT2D eigenvalue weighted by atomic mass is 14.9. The van der Waals surface area contributed by atoms with Gasteiger partial charge in [-0.15, -0.1) is 0 Å². The molecule has 7 aliphatic rings. The third kappa shape index (κ3) is 7.73. The van der Waals surface area contributed by atoms with Gasteiger partial charge in [0.05, 0.1) is 5.69 Å². The summed E-state index contributed by atoms with van der Waals surface area (Å²) in [6.07, 6.45) is 6.09. The molecule has 1 unspecified atom stereocenters. The van der Waals surface area contributed by atoms with E-state index in [1.165, 1.54) is 22.3 Å². The number of hydrogen-bond acceptors (Lipinski definition) is 4. The van der Waals surface area contributed by atoms with E-state index in [0.717, 1.165) is 52.7 Å². The fourth-order valence-corrected chi connectivity index (χ4v) is 5.05. The normalized spacial score (nSPS) is 18.7. The van der Waals surface area contributed by atoms with Crippen LogP contribution in [0.15, 0.2) is 126 Å². The zero-order chi connectivity index (χ0) is 27.9. The third-order valence-electron chi connectivity index (χ3n) is 6.92. The van der Waals surface area contributed by atoms with Crippen molar-refractivity contribution in [2.45, 2.75) is 46.6 Å². The van der Waals surface area contributed by atoms with Crippen LogP contribution >= 0.6 is 0 Å². The average molecular weight is 527 g/mol. The monoisotopic (exact) mass is 526 g/mol. The van der Waals surface area contributed by atoms with Crippen LogP contribution in [0.3, 0.4) is 0 Å². The number of benzene rings is 4. The Morgan fingerprint density at radius 2 is 0.975 bits per heavy atom. The molecule has 0 aliphatic carbocycles. The molecule has 0 fully saturated rings. The number of allylic oxidation sites excluding steroid dienone is 3. The van der Waals surface area contributed by atoms with Gasteiger partial charge in [-0.2, -0.15) is 0 Å². The number of anilines is 3. The summed E-state index contributed by atoms with van der Waals surface area (Å²) >= 11 is 0. The Morgan fingerprint density at radius 3 is 1.48 bits per heavy atom. The van der Waals surface area contributed by atoms with Gasteiger partial charge in [0.2, 0.25) is 0 Å². The van der Waals surface area contributed by atoms with E-state index in [9.17, 15) is 0 Å². The molecule has 0 amide bonds. The maximum absolute atomic E-state index is 4.80. The summed E-state index contributed by atoms with van der Waals surface area (Å²) in [5.74, 6) is 0. The van der Waals surface area contributed by atoms with Crippen LogP contribution in [-0.2, 0) is 12.8 Å². The predicted molar refractivity (Wildman–Crippen MR) is 172 cm³/mol. The van der Waals surface area contributed by atoms with Gasteiger partial charge in [-0.05, 0) is 123 Å². The molecule has 3 N–H and O–H groups in total. The summed E-state index contributed by atoms with van der Waals surface area (Å²) in [6, 6.07) is 34.8. The molecule has 40 heavy (non-hydrogen) atoms. The SMILES string of the molecule is CC1=Nc2ccc(cc2)Cc2ccc(cc2)NC(C)/C=C(/C)Nc2ccc(cc2)Cc2ccc(cc2)N/C(C)=C\1. The molecular weight excluding hydrogens is 488 g/mol. The van der Waals surface area contributed by atoms with Crippen molar-refractivity contribution in [2.75, 3.05) is 16.0 Å². The van der Waals surface area contributed by atoms with Crippen molar-refractivity contribution in [3.8, 4) is 0 Å². The van der Waals surface area contributed by atoms with Crippen LogP contribution < -0.4 is 16.0 Å². The van der Waals surface area contributed by atoms with Gasteiger partial charge >= 0.3 is 0 Å². The Morgan fingerprint density at radius 1 is 0.550 bits per heavy atom. The molecule has 1 atom stereocenters. The largest absolute Gasteiger partial charge is 0.379 e. The lowest BCUT2D eigenvalue weighted by atomic mass is 10.0. The first kappa shape index (κ1) is 27.0. The summed E-state index contributed by atoms with van der Waals surface area (Å²) < 4.78 is 0. The van der Waals surface area contributed by atoms with Crippen LogP contribution in [0, 0.1) is 0 Å². The van der Waals surface area contributed by atoms with E-state index in [2.05, 4.69) is 146 Å². The maximum atomic E-state index is 4.80. The number of aliphatic imine (C=N–C) groups is 1. The van der Waals surface area contributed by atoms with E-state index >= 15 is 0 Å². The minimum Gasteiger partial charge on any atom is -0.379 e. The molecule has 7 aliphatic heterocycles. The first-order chi connectivity index (χ1) is 19.4. The summed E-state index contributed by atoms with van der Waals surface area (Å²) in [5, 5.41) is 10.6. The summed E-state index contributed by atoms with van der Waals surface area (Å²) in [5.41, 5.74) is 12.5. The predicted octanol–water partition coefficient (Wildman–Crippen LogP) is 9.11. The first-order valence-corrected chi connectivity index (χ1v) is 14.0. The minimum atomic E-state index is 0.192. The molecule has 4 nitrogen and oxygen atoms in total. The Bertz CT molecular complexity index is 1510. The van der Waals surface area contributed by atoms with Gasteiger partial charge < -0.3 is 16.0 Å². The molecule has 8 bridgehead atoms. The molecule has 0 saturated carbocycles. The van der Waals surface area contributed by atoms with Crippen LogP contribution in [-0.4, -0.2) is 11.8 Å². The van der Waals surface area contributed by atoms with Gasteiger partial charge in [0.15, 0.2) is 0 Å². The van der Waals surface area contributed by atoms with Crippen molar-refractivity contribution in [3.05, 3.63) is 143 Å². The number of hydrogen-bond donors (Lipinski definition) is 3. The molecule has 0 spiro atoms. The van der Waals surface area contributed by atoms with Crippen LogP contribution in [0.5, 0.6) is 0 Å². The Hall–Kier alpha value is -4.57. The van der Waals surface area contributed by atoms with Crippen LogP contribution in [0.4, 0.5) is 22.7 Å². The molecule has 0 saturated heterocycles. The Balaban J connectivity index is 1.40. The van der Waals surface area contributed by atoms with Gasteiger partial charge in [-0.3, -0.25) is 4.99 Å². The van der Waals surface area contributed by atoms with Crippen LogP contribution in [0.25, 0.3) is 0 Å². The fraction of sp³-hybridized carbons (Fsp3) is 0.194. The zero-order valence-corrected chi connectivity index (χ0v) is 23.8. The highest BCUT2D eigenvalue weighted by molar-refractivity contribution is 5.95. The molecule has 7 heterocycles.